The van der Waals surface area contributed by atoms with Crippen molar-refractivity contribution in [1.29, 1.82) is 0 Å². The fourth-order valence-corrected chi connectivity index (χ4v) is 1.98. The normalized spacial score (nSPS) is 11.0. The monoisotopic (exact) mass is 195 g/mol. The molecule has 3 aromatic rings. The van der Waals surface area contributed by atoms with E-state index in [0.29, 0.717) is 0 Å². The molecular weight excluding hydrogens is 184 g/mol. The highest BCUT2D eigenvalue weighted by atomic mass is 14.9. The van der Waals surface area contributed by atoms with E-state index < -0.39 is 0 Å². The highest BCUT2D eigenvalue weighted by Gasteiger charge is 2.07. The molecule has 0 aliphatic heterocycles. The van der Waals surface area contributed by atoms with Crippen LogP contribution < -0.4 is 4.57 Å². The van der Waals surface area contributed by atoms with Crippen molar-refractivity contribution in [3.05, 3.63) is 48.8 Å². The van der Waals surface area contributed by atoms with Crippen molar-refractivity contribution in [2.75, 3.05) is 0 Å². The van der Waals surface area contributed by atoms with Crippen molar-refractivity contribution in [3.8, 4) is 0 Å². The van der Waals surface area contributed by atoms with E-state index in [2.05, 4.69) is 53.1 Å². The first kappa shape index (κ1) is 8.36. The van der Waals surface area contributed by atoms with Crippen molar-refractivity contribution in [2.45, 2.75) is 0 Å². The van der Waals surface area contributed by atoms with Crippen LogP contribution in [0.25, 0.3) is 21.8 Å². The Bertz CT molecular complexity index is 644. The fraction of sp³-hybridized carbons (Fsp3) is 0.0769. The fourth-order valence-electron chi connectivity index (χ4n) is 1.98. The van der Waals surface area contributed by atoms with Gasteiger partial charge in [-0.1, -0.05) is 6.07 Å². The molecule has 1 aromatic carbocycles. The minimum absolute atomic E-state index is 1.08. The van der Waals surface area contributed by atoms with Crippen molar-refractivity contribution in [1.82, 2.24) is 4.98 Å². The Morgan fingerprint density at radius 3 is 2.93 bits per heavy atom. The molecular formula is C13H11N2+. The molecule has 0 unspecified atom stereocenters. The summed E-state index contributed by atoms with van der Waals surface area (Å²) in [6.45, 7) is 0. The van der Waals surface area contributed by atoms with E-state index in [-0.39, 0.29) is 0 Å². The van der Waals surface area contributed by atoms with Gasteiger partial charge in [0, 0.05) is 23.7 Å². The molecule has 72 valence electrons. The summed E-state index contributed by atoms with van der Waals surface area (Å²) in [5.41, 5.74) is 2.29. The summed E-state index contributed by atoms with van der Waals surface area (Å²) in [5, 5.41) is 2.40. The second kappa shape index (κ2) is 3.02. The van der Waals surface area contributed by atoms with Crippen LogP contribution in [0.1, 0.15) is 0 Å². The molecule has 0 bridgehead atoms. The largest absolute Gasteiger partial charge is 0.255 e. The number of hydrogen-bond acceptors (Lipinski definition) is 1. The van der Waals surface area contributed by atoms with E-state index in [1.54, 1.807) is 0 Å². The number of pyridine rings is 2. The lowest BCUT2D eigenvalue weighted by atomic mass is 10.1. The third-order valence-corrected chi connectivity index (χ3v) is 2.74. The first-order valence-electron chi connectivity index (χ1n) is 4.98. The van der Waals surface area contributed by atoms with Crippen LogP contribution in [0.2, 0.25) is 0 Å². The van der Waals surface area contributed by atoms with Gasteiger partial charge in [0.15, 0.2) is 6.20 Å². The molecule has 2 aromatic heterocycles. The lowest BCUT2D eigenvalue weighted by Crippen LogP contribution is -2.27. The zero-order valence-corrected chi connectivity index (χ0v) is 8.51. The van der Waals surface area contributed by atoms with E-state index in [1.807, 2.05) is 12.3 Å². The second-order valence-corrected chi connectivity index (χ2v) is 3.69. The second-order valence-electron chi connectivity index (χ2n) is 3.69. The van der Waals surface area contributed by atoms with Gasteiger partial charge in [0.2, 0.25) is 5.52 Å². The van der Waals surface area contributed by atoms with Crippen LogP contribution in [0.5, 0.6) is 0 Å². The number of hydrogen-bond donors (Lipinski definition) is 0. The summed E-state index contributed by atoms with van der Waals surface area (Å²) < 4.78 is 2.11. The summed E-state index contributed by atoms with van der Waals surface area (Å²) in [5.74, 6) is 0. The van der Waals surface area contributed by atoms with Crippen LogP contribution in [-0.2, 0) is 7.05 Å². The standard InChI is InChI=1S/C13H11N2/c1-15-9-3-5-11-12(15)7-6-10-4-2-8-14-13(10)11/h2-9H,1H3/q+1. The molecule has 0 radical (unpaired) electrons. The maximum absolute atomic E-state index is 4.44. The van der Waals surface area contributed by atoms with Crippen LogP contribution in [0.4, 0.5) is 0 Å². The number of rotatable bonds is 0. The summed E-state index contributed by atoms with van der Waals surface area (Å²) in [6, 6.07) is 12.5. The first-order valence-corrected chi connectivity index (χ1v) is 4.98. The highest BCUT2D eigenvalue weighted by molar-refractivity contribution is 6.02. The molecule has 15 heavy (non-hydrogen) atoms. The molecule has 0 saturated heterocycles. The van der Waals surface area contributed by atoms with E-state index >= 15 is 0 Å². The van der Waals surface area contributed by atoms with Crippen molar-refractivity contribution in [2.24, 2.45) is 7.05 Å². The van der Waals surface area contributed by atoms with Crippen LogP contribution in [0, 0.1) is 0 Å². The van der Waals surface area contributed by atoms with E-state index in [1.165, 1.54) is 16.3 Å². The Hall–Kier alpha value is -1.96. The van der Waals surface area contributed by atoms with Gasteiger partial charge in [-0.15, -0.1) is 0 Å². The van der Waals surface area contributed by atoms with Gasteiger partial charge in [0.05, 0.1) is 10.9 Å². The molecule has 2 heterocycles. The van der Waals surface area contributed by atoms with Gasteiger partial charge in [0.1, 0.15) is 7.05 Å². The summed E-state index contributed by atoms with van der Waals surface area (Å²) in [6.07, 6.45) is 3.89. The van der Waals surface area contributed by atoms with Gasteiger partial charge in [-0.25, -0.2) is 4.57 Å². The summed E-state index contributed by atoms with van der Waals surface area (Å²) in [7, 11) is 2.05. The number of fused-ring (bicyclic) bond motifs is 3. The minimum atomic E-state index is 1.08. The Morgan fingerprint density at radius 2 is 2.00 bits per heavy atom. The molecule has 0 atom stereocenters. The maximum atomic E-state index is 4.44. The molecule has 2 nitrogen and oxygen atoms in total. The van der Waals surface area contributed by atoms with Crippen LogP contribution in [-0.4, -0.2) is 4.98 Å². The van der Waals surface area contributed by atoms with Gasteiger partial charge in [0.25, 0.3) is 0 Å². The molecule has 0 amide bonds. The van der Waals surface area contributed by atoms with Crippen molar-refractivity contribution >= 4 is 21.8 Å². The Kier molecular flexibility index (Phi) is 1.68. The third kappa shape index (κ3) is 1.18. The minimum Gasteiger partial charge on any atom is -0.255 e. The zero-order chi connectivity index (χ0) is 10.3. The van der Waals surface area contributed by atoms with Crippen LogP contribution in [0.15, 0.2) is 48.8 Å². The average Bonchev–Trinajstić information content (AvgIpc) is 2.29. The lowest BCUT2D eigenvalue weighted by Gasteiger charge is -2.00. The number of aromatic nitrogens is 2. The SMILES string of the molecule is C[n+]1cccc2c3ncccc3ccc21. The number of aryl methyl sites for hydroxylation is 1. The molecule has 0 aliphatic carbocycles. The Morgan fingerprint density at radius 1 is 1.07 bits per heavy atom. The number of benzene rings is 1. The summed E-state index contributed by atoms with van der Waals surface area (Å²) in [4.78, 5) is 4.44. The van der Waals surface area contributed by atoms with Crippen molar-refractivity contribution < 1.29 is 4.57 Å². The van der Waals surface area contributed by atoms with Crippen molar-refractivity contribution in [3.63, 3.8) is 0 Å². The number of nitrogens with zero attached hydrogens (tertiary/aromatic N) is 2. The Labute approximate surface area is 87.8 Å². The predicted octanol–water partition coefficient (Wildman–Crippen LogP) is 2.21. The average molecular weight is 195 g/mol. The topological polar surface area (TPSA) is 16.8 Å². The van der Waals surface area contributed by atoms with Gasteiger partial charge < -0.3 is 0 Å². The maximum Gasteiger partial charge on any atom is 0.214 e. The summed E-state index contributed by atoms with van der Waals surface area (Å²) >= 11 is 0. The Balaban J connectivity index is 2.60. The molecule has 2 heteroatoms. The third-order valence-electron chi connectivity index (χ3n) is 2.74. The lowest BCUT2D eigenvalue weighted by molar-refractivity contribution is -0.644. The van der Waals surface area contributed by atoms with E-state index in [9.17, 15) is 0 Å². The quantitative estimate of drug-likeness (QED) is 0.397. The highest BCUT2D eigenvalue weighted by Crippen LogP contribution is 2.20. The van der Waals surface area contributed by atoms with E-state index in [4.69, 9.17) is 0 Å². The van der Waals surface area contributed by atoms with Gasteiger partial charge in [-0.2, -0.15) is 0 Å². The molecule has 0 spiro atoms. The van der Waals surface area contributed by atoms with Crippen LogP contribution in [0.3, 0.4) is 0 Å². The molecule has 0 saturated carbocycles. The van der Waals surface area contributed by atoms with Crippen LogP contribution >= 0.6 is 0 Å². The molecule has 0 aliphatic rings. The molecule has 0 fully saturated rings. The zero-order valence-electron chi connectivity index (χ0n) is 8.51. The van der Waals surface area contributed by atoms with E-state index in [0.717, 1.165) is 5.52 Å². The van der Waals surface area contributed by atoms with Gasteiger partial charge in [-0.05, 0) is 18.2 Å². The molecule has 3 rings (SSSR count). The van der Waals surface area contributed by atoms with Gasteiger partial charge in [-0.3, -0.25) is 4.98 Å². The molecule has 0 N–H and O–H groups in total. The predicted molar refractivity (Wildman–Crippen MR) is 60.4 cm³/mol. The van der Waals surface area contributed by atoms with Gasteiger partial charge >= 0.3 is 0 Å². The first-order chi connectivity index (χ1) is 7.36. The smallest absolute Gasteiger partial charge is 0.214 e.